The number of rotatable bonds is 6. The molecule has 19 heavy (non-hydrogen) atoms. The summed E-state index contributed by atoms with van der Waals surface area (Å²) in [7, 11) is 0. The Labute approximate surface area is 114 Å². The maximum Gasteiger partial charge on any atom is 0.199 e. The van der Waals surface area contributed by atoms with Crippen molar-refractivity contribution in [2.45, 2.75) is 32.6 Å². The zero-order valence-electron chi connectivity index (χ0n) is 11.4. The number of nitrogens with one attached hydrogen (secondary N) is 5. The lowest BCUT2D eigenvalue weighted by Gasteiger charge is -2.12. The second kappa shape index (κ2) is 8.97. The predicted molar refractivity (Wildman–Crippen MR) is 80.8 cm³/mol. The summed E-state index contributed by atoms with van der Waals surface area (Å²) in [4.78, 5) is 0. The number of hydrogen-bond acceptors (Lipinski definition) is 2. The summed E-state index contributed by atoms with van der Waals surface area (Å²) in [5.74, 6) is 0.252. The molecule has 104 valence electrons. The van der Waals surface area contributed by atoms with Crippen LogP contribution in [0.2, 0.25) is 0 Å². The summed E-state index contributed by atoms with van der Waals surface area (Å²) in [6.45, 7) is 2.94. The van der Waals surface area contributed by atoms with E-state index in [1.54, 1.807) is 0 Å². The standard InChI is InChI=1S/C14H23N5/c1-2-3-4-8-11-17-13(15)19-14(16)18-12-9-6-5-7-10-12/h5-7,9-10H,2-4,8,11H2,1H3,(H5,15,16,17,18,19). The molecule has 0 radical (unpaired) electrons. The molecular formula is C14H23N5. The maximum absolute atomic E-state index is 7.70. The van der Waals surface area contributed by atoms with Gasteiger partial charge in [-0.15, -0.1) is 0 Å². The molecule has 5 N–H and O–H groups in total. The molecule has 0 unspecified atom stereocenters. The molecule has 0 heterocycles. The molecule has 0 aromatic heterocycles. The molecule has 0 aliphatic carbocycles. The molecular weight excluding hydrogens is 238 g/mol. The Morgan fingerprint density at radius 3 is 2.42 bits per heavy atom. The third-order valence-electron chi connectivity index (χ3n) is 2.63. The quantitative estimate of drug-likeness (QED) is 0.310. The first-order valence-electron chi connectivity index (χ1n) is 6.72. The van der Waals surface area contributed by atoms with E-state index in [1.807, 2.05) is 30.3 Å². The van der Waals surface area contributed by atoms with Gasteiger partial charge in [0.25, 0.3) is 0 Å². The molecule has 0 spiro atoms. The van der Waals surface area contributed by atoms with Crippen molar-refractivity contribution >= 4 is 17.6 Å². The number of anilines is 1. The van der Waals surface area contributed by atoms with Crippen LogP contribution in [-0.4, -0.2) is 18.5 Å². The molecule has 0 saturated carbocycles. The summed E-state index contributed by atoms with van der Waals surface area (Å²) >= 11 is 0. The van der Waals surface area contributed by atoms with Crippen molar-refractivity contribution in [1.82, 2.24) is 10.6 Å². The van der Waals surface area contributed by atoms with Crippen molar-refractivity contribution < 1.29 is 0 Å². The number of hydrogen-bond donors (Lipinski definition) is 5. The summed E-state index contributed by atoms with van der Waals surface area (Å²) in [6, 6.07) is 9.46. The second-order valence-corrected chi connectivity index (χ2v) is 4.35. The fraction of sp³-hybridized carbons (Fsp3) is 0.429. The molecule has 0 atom stereocenters. The molecule has 0 aliphatic rings. The van der Waals surface area contributed by atoms with E-state index in [-0.39, 0.29) is 11.9 Å². The molecule has 1 aromatic carbocycles. The number of guanidine groups is 2. The Hall–Kier alpha value is -2.04. The summed E-state index contributed by atoms with van der Waals surface area (Å²) in [6.07, 6.45) is 4.67. The fourth-order valence-electron chi connectivity index (χ4n) is 1.63. The molecule has 1 rings (SSSR count). The van der Waals surface area contributed by atoms with Crippen LogP contribution in [0.3, 0.4) is 0 Å². The van der Waals surface area contributed by atoms with Gasteiger partial charge in [0.05, 0.1) is 0 Å². The maximum atomic E-state index is 7.70. The van der Waals surface area contributed by atoms with Gasteiger partial charge in [0.1, 0.15) is 0 Å². The highest BCUT2D eigenvalue weighted by molar-refractivity contribution is 6.02. The largest absolute Gasteiger partial charge is 0.356 e. The van der Waals surface area contributed by atoms with Crippen molar-refractivity contribution in [2.24, 2.45) is 0 Å². The SMILES string of the molecule is CCCCCCNC(=N)NC(=N)Nc1ccccc1. The lowest BCUT2D eigenvalue weighted by molar-refractivity contribution is 0.651. The van der Waals surface area contributed by atoms with Crippen LogP contribution in [0, 0.1) is 10.8 Å². The Morgan fingerprint density at radius 1 is 1.00 bits per heavy atom. The molecule has 5 heteroatoms. The number of unbranched alkanes of at least 4 members (excludes halogenated alkanes) is 3. The van der Waals surface area contributed by atoms with Crippen molar-refractivity contribution in [3.8, 4) is 0 Å². The van der Waals surface area contributed by atoms with Gasteiger partial charge in [0, 0.05) is 12.2 Å². The van der Waals surface area contributed by atoms with Gasteiger partial charge in [-0.05, 0) is 18.6 Å². The van der Waals surface area contributed by atoms with Gasteiger partial charge in [-0.25, -0.2) is 0 Å². The molecule has 0 bridgehead atoms. The Balaban J connectivity index is 2.16. The van der Waals surface area contributed by atoms with Gasteiger partial charge >= 0.3 is 0 Å². The van der Waals surface area contributed by atoms with E-state index in [9.17, 15) is 0 Å². The average Bonchev–Trinajstić information content (AvgIpc) is 2.39. The smallest absolute Gasteiger partial charge is 0.199 e. The molecule has 1 aromatic rings. The second-order valence-electron chi connectivity index (χ2n) is 4.35. The van der Waals surface area contributed by atoms with E-state index in [0.29, 0.717) is 0 Å². The van der Waals surface area contributed by atoms with E-state index in [1.165, 1.54) is 19.3 Å². The minimum Gasteiger partial charge on any atom is -0.356 e. The normalized spacial score (nSPS) is 9.74. The molecule has 0 amide bonds. The van der Waals surface area contributed by atoms with Gasteiger partial charge in [-0.1, -0.05) is 44.4 Å². The first kappa shape index (κ1) is 15.0. The van der Waals surface area contributed by atoms with E-state index in [4.69, 9.17) is 10.8 Å². The Bertz CT molecular complexity index is 388. The van der Waals surface area contributed by atoms with Crippen LogP contribution in [-0.2, 0) is 0 Å². The van der Waals surface area contributed by atoms with Crippen molar-refractivity contribution in [2.75, 3.05) is 11.9 Å². The van der Waals surface area contributed by atoms with Gasteiger partial charge < -0.3 is 10.6 Å². The Kier molecular flexibility index (Phi) is 7.09. The molecule has 0 saturated heterocycles. The zero-order valence-corrected chi connectivity index (χ0v) is 11.4. The van der Waals surface area contributed by atoms with Crippen molar-refractivity contribution in [3.05, 3.63) is 30.3 Å². The van der Waals surface area contributed by atoms with Crippen LogP contribution in [0.4, 0.5) is 5.69 Å². The zero-order chi connectivity index (χ0) is 13.9. The fourth-order valence-corrected chi connectivity index (χ4v) is 1.63. The van der Waals surface area contributed by atoms with E-state index in [0.717, 1.165) is 18.7 Å². The van der Waals surface area contributed by atoms with E-state index >= 15 is 0 Å². The van der Waals surface area contributed by atoms with E-state index in [2.05, 4.69) is 22.9 Å². The summed E-state index contributed by atoms with van der Waals surface area (Å²) in [5, 5.41) is 23.9. The highest BCUT2D eigenvalue weighted by Crippen LogP contribution is 2.03. The van der Waals surface area contributed by atoms with Crippen LogP contribution < -0.4 is 16.0 Å². The van der Waals surface area contributed by atoms with Gasteiger partial charge in [-0.2, -0.15) is 0 Å². The van der Waals surface area contributed by atoms with Crippen LogP contribution >= 0.6 is 0 Å². The van der Waals surface area contributed by atoms with Gasteiger partial charge in [0.15, 0.2) is 11.9 Å². The third kappa shape index (κ3) is 7.08. The van der Waals surface area contributed by atoms with Gasteiger partial charge in [-0.3, -0.25) is 16.1 Å². The number of para-hydroxylation sites is 1. The lowest BCUT2D eigenvalue weighted by atomic mass is 10.2. The first-order chi connectivity index (χ1) is 9.22. The van der Waals surface area contributed by atoms with Crippen LogP contribution in [0.1, 0.15) is 32.6 Å². The number of benzene rings is 1. The molecule has 0 aliphatic heterocycles. The minimum atomic E-state index is 0.0947. The summed E-state index contributed by atoms with van der Waals surface area (Å²) in [5.41, 5.74) is 0.829. The first-order valence-corrected chi connectivity index (χ1v) is 6.72. The highest BCUT2D eigenvalue weighted by atomic mass is 15.2. The molecule has 5 nitrogen and oxygen atoms in total. The average molecular weight is 261 g/mol. The summed E-state index contributed by atoms with van der Waals surface area (Å²) < 4.78 is 0. The van der Waals surface area contributed by atoms with Gasteiger partial charge in [0.2, 0.25) is 0 Å². The molecule has 0 fully saturated rings. The Morgan fingerprint density at radius 2 is 1.74 bits per heavy atom. The topological polar surface area (TPSA) is 83.8 Å². The van der Waals surface area contributed by atoms with Crippen LogP contribution in [0.25, 0.3) is 0 Å². The lowest BCUT2D eigenvalue weighted by Crippen LogP contribution is -2.43. The predicted octanol–water partition coefficient (Wildman–Crippen LogP) is 2.73. The minimum absolute atomic E-state index is 0.0947. The third-order valence-corrected chi connectivity index (χ3v) is 2.63. The highest BCUT2D eigenvalue weighted by Gasteiger charge is 2.00. The van der Waals surface area contributed by atoms with Crippen LogP contribution in [0.5, 0.6) is 0 Å². The van der Waals surface area contributed by atoms with E-state index < -0.39 is 0 Å². The van der Waals surface area contributed by atoms with Crippen LogP contribution in [0.15, 0.2) is 30.3 Å². The monoisotopic (exact) mass is 261 g/mol. The van der Waals surface area contributed by atoms with Crippen molar-refractivity contribution in [3.63, 3.8) is 0 Å². The van der Waals surface area contributed by atoms with Crippen molar-refractivity contribution in [1.29, 1.82) is 10.8 Å².